The van der Waals surface area contributed by atoms with E-state index in [-0.39, 0.29) is 15.9 Å². The number of halogens is 1. The summed E-state index contributed by atoms with van der Waals surface area (Å²) in [6, 6.07) is 7.67. The molecule has 1 aromatic heterocycles. The lowest BCUT2D eigenvalue weighted by atomic mass is 10.1. The molecule has 0 saturated carbocycles. The van der Waals surface area contributed by atoms with E-state index in [9.17, 15) is 8.42 Å². The minimum absolute atomic E-state index is 0.0962. The zero-order valence-corrected chi connectivity index (χ0v) is 12.2. The van der Waals surface area contributed by atoms with Crippen LogP contribution in [0.4, 0.5) is 11.5 Å². The number of rotatable bonds is 4. The first kappa shape index (κ1) is 14.5. The third kappa shape index (κ3) is 3.17. The Morgan fingerprint density at radius 1 is 1.25 bits per heavy atom. The summed E-state index contributed by atoms with van der Waals surface area (Å²) in [4.78, 5) is 0.136. The van der Waals surface area contributed by atoms with E-state index < -0.39 is 10.0 Å². The Morgan fingerprint density at radius 3 is 2.60 bits per heavy atom. The third-order valence-corrected chi connectivity index (χ3v) is 4.27. The van der Waals surface area contributed by atoms with Gasteiger partial charge in [0.2, 0.25) is 0 Å². The molecule has 3 N–H and O–H groups in total. The molecule has 0 bridgehead atoms. The minimum atomic E-state index is -3.77. The highest BCUT2D eigenvalue weighted by Crippen LogP contribution is 2.22. The second-order valence-corrected chi connectivity index (χ2v) is 6.11. The third-order valence-electron chi connectivity index (χ3n) is 2.63. The molecule has 106 valence electrons. The van der Waals surface area contributed by atoms with Crippen molar-refractivity contribution in [3.63, 3.8) is 0 Å². The molecule has 0 amide bonds. The van der Waals surface area contributed by atoms with Crippen LogP contribution in [0, 0.1) is 0 Å². The fourth-order valence-electron chi connectivity index (χ4n) is 1.68. The second kappa shape index (κ2) is 5.64. The molecule has 0 saturated heterocycles. The quantitative estimate of drug-likeness (QED) is 0.842. The van der Waals surface area contributed by atoms with Crippen molar-refractivity contribution < 1.29 is 8.42 Å². The Morgan fingerprint density at radius 2 is 2.00 bits per heavy atom. The van der Waals surface area contributed by atoms with Gasteiger partial charge in [0.15, 0.2) is 11.0 Å². The van der Waals surface area contributed by atoms with Gasteiger partial charge in [0.1, 0.15) is 0 Å². The Kier molecular flexibility index (Phi) is 4.10. The fourth-order valence-corrected chi connectivity index (χ4v) is 3.12. The molecule has 0 unspecified atom stereocenters. The summed E-state index contributed by atoms with van der Waals surface area (Å²) in [6.07, 6.45) is 0.572. The van der Waals surface area contributed by atoms with Crippen molar-refractivity contribution in [2.24, 2.45) is 0 Å². The number of sulfonamides is 1. The Bertz CT molecular complexity index is 717. The average Bonchev–Trinajstić information content (AvgIpc) is 2.41. The number of hydrogen-bond donors (Lipinski definition) is 2. The van der Waals surface area contributed by atoms with Crippen molar-refractivity contribution in [2.75, 3.05) is 10.5 Å². The molecule has 0 radical (unpaired) electrons. The van der Waals surface area contributed by atoms with Gasteiger partial charge in [-0.1, -0.05) is 24.6 Å². The predicted molar refractivity (Wildman–Crippen MR) is 78.1 cm³/mol. The standard InChI is InChI=1S/C12H13ClN4O2S/c1-2-8-3-4-9(14)7-10(8)20(18,19)17-12-6-5-11(13)15-16-12/h3-7H,2,14H2,1H3,(H,16,17). The lowest BCUT2D eigenvalue weighted by Crippen LogP contribution is -2.16. The van der Waals surface area contributed by atoms with E-state index in [0.717, 1.165) is 0 Å². The van der Waals surface area contributed by atoms with Gasteiger partial charge in [0, 0.05) is 5.69 Å². The summed E-state index contributed by atoms with van der Waals surface area (Å²) in [6.45, 7) is 1.87. The second-order valence-electron chi connectivity index (χ2n) is 4.07. The normalized spacial score (nSPS) is 11.3. The highest BCUT2D eigenvalue weighted by atomic mass is 35.5. The smallest absolute Gasteiger partial charge is 0.263 e. The molecular formula is C12H13ClN4O2S. The molecule has 2 aromatic rings. The topological polar surface area (TPSA) is 98.0 Å². The summed E-state index contributed by atoms with van der Waals surface area (Å²) in [5.74, 6) is 0.0962. The van der Waals surface area contributed by atoms with Crippen LogP contribution in [0.15, 0.2) is 35.2 Å². The van der Waals surface area contributed by atoms with E-state index in [1.165, 1.54) is 18.2 Å². The summed E-state index contributed by atoms with van der Waals surface area (Å²) in [5.41, 5.74) is 6.71. The van der Waals surface area contributed by atoms with Crippen molar-refractivity contribution in [2.45, 2.75) is 18.2 Å². The maximum absolute atomic E-state index is 12.4. The average molecular weight is 313 g/mol. The van der Waals surface area contributed by atoms with Crippen LogP contribution < -0.4 is 10.5 Å². The van der Waals surface area contributed by atoms with Crippen molar-refractivity contribution in [1.29, 1.82) is 0 Å². The predicted octanol–water partition coefficient (Wildman–Crippen LogP) is 2.08. The molecule has 0 spiro atoms. The largest absolute Gasteiger partial charge is 0.399 e. The molecule has 1 aromatic carbocycles. The summed E-state index contributed by atoms with van der Waals surface area (Å²) in [5, 5.41) is 7.43. The van der Waals surface area contributed by atoms with E-state index in [0.29, 0.717) is 17.7 Å². The van der Waals surface area contributed by atoms with Gasteiger partial charge < -0.3 is 5.73 Å². The van der Waals surface area contributed by atoms with Gasteiger partial charge in [-0.2, -0.15) is 0 Å². The van der Waals surface area contributed by atoms with Gasteiger partial charge in [-0.25, -0.2) is 8.42 Å². The molecule has 0 aliphatic carbocycles. The van der Waals surface area contributed by atoms with Gasteiger partial charge in [-0.3, -0.25) is 4.72 Å². The number of nitrogen functional groups attached to an aromatic ring is 1. The first-order valence-corrected chi connectivity index (χ1v) is 7.69. The maximum Gasteiger partial charge on any atom is 0.263 e. The van der Waals surface area contributed by atoms with Gasteiger partial charge in [-0.15, -0.1) is 10.2 Å². The van der Waals surface area contributed by atoms with E-state index >= 15 is 0 Å². The Hall–Kier alpha value is -1.86. The number of anilines is 2. The molecule has 0 atom stereocenters. The van der Waals surface area contributed by atoms with Crippen LogP contribution in [-0.4, -0.2) is 18.6 Å². The van der Waals surface area contributed by atoms with Crippen LogP contribution in [0.1, 0.15) is 12.5 Å². The lowest BCUT2D eigenvalue weighted by molar-refractivity contribution is 0.600. The van der Waals surface area contributed by atoms with Crippen LogP contribution >= 0.6 is 11.6 Å². The number of nitrogens with two attached hydrogens (primary N) is 1. The van der Waals surface area contributed by atoms with E-state index in [2.05, 4.69) is 14.9 Å². The van der Waals surface area contributed by atoms with Crippen molar-refractivity contribution >= 4 is 33.1 Å². The number of nitrogens with one attached hydrogen (secondary N) is 1. The van der Waals surface area contributed by atoms with Crippen molar-refractivity contribution in [1.82, 2.24) is 10.2 Å². The number of nitrogens with zero attached hydrogens (tertiary/aromatic N) is 2. The van der Waals surface area contributed by atoms with Crippen LogP contribution in [0.5, 0.6) is 0 Å². The van der Waals surface area contributed by atoms with Crippen molar-refractivity contribution in [3.8, 4) is 0 Å². The minimum Gasteiger partial charge on any atom is -0.399 e. The fraction of sp³-hybridized carbons (Fsp3) is 0.167. The van der Waals surface area contributed by atoms with E-state index in [4.69, 9.17) is 17.3 Å². The van der Waals surface area contributed by atoms with Crippen LogP contribution in [0.25, 0.3) is 0 Å². The lowest BCUT2D eigenvalue weighted by Gasteiger charge is -2.11. The van der Waals surface area contributed by atoms with Crippen LogP contribution in [0.3, 0.4) is 0 Å². The van der Waals surface area contributed by atoms with Gasteiger partial charge in [-0.05, 0) is 36.2 Å². The number of benzene rings is 1. The Balaban J connectivity index is 2.40. The molecule has 1 heterocycles. The van der Waals surface area contributed by atoms with E-state index in [1.807, 2.05) is 6.92 Å². The van der Waals surface area contributed by atoms with Crippen LogP contribution in [0.2, 0.25) is 5.15 Å². The zero-order chi connectivity index (χ0) is 14.8. The molecule has 0 aliphatic rings. The highest BCUT2D eigenvalue weighted by Gasteiger charge is 2.19. The van der Waals surface area contributed by atoms with Crippen LogP contribution in [-0.2, 0) is 16.4 Å². The molecule has 0 aliphatic heterocycles. The summed E-state index contributed by atoms with van der Waals surface area (Å²) < 4.78 is 27.1. The van der Waals surface area contributed by atoms with Crippen molar-refractivity contribution in [3.05, 3.63) is 41.0 Å². The summed E-state index contributed by atoms with van der Waals surface area (Å²) in [7, 11) is -3.77. The summed E-state index contributed by atoms with van der Waals surface area (Å²) >= 11 is 5.60. The number of aryl methyl sites for hydroxylation is 1. The van der Waals surface area contributed by atoms with Gasteiger partial charge in [0.25, 0.3) is 10.0 Å². The molecule has 20 heavy (non-hydrogen) atoms. The highest BCUT2D eigenvalue weighted by molar-refractivity contribution is 7.92. The first-order valence-electron chi connectivity index (χ1n) is 5.83. The van der Waals surface area contributed by atoms with Gasteiger partial charge >= 0.3 is 0 Å². The molecule has 0 fully saturated rings. The SMILES string of the molecule is CCc1ccc(N)cc1S(=O)(=O)Nc1ccc(Cl)nn1. The molecular weight excluding hydrogens is 300 g/mol. The number of aromatic nitrogens is 2. The Labute approximate surface area is 122 Å². The molecule has 8 heteroatoms. The molecule has 2 rings (SSSR count). The van der Waals surface area contributed by atoms with Gasteiger partial charge in [0.05, 0.1) is 4.90 Å². The first-order chi connectivity index (χ1) is 9.42. The zero-order valence-electron chi connectivity index (χ0n) is 10.7. The number of hydrogen-bond acceptors (Lipinski definition) is 5. The molecule has 6 nitrogen and oxygen atoms in total. The maximum atomic E-state index is 12.4. The monoisotopic (exact) mass is 312 g/mol. The van der Waals surface area contributed by atoms with E-state index in [1.54, 1.807) is 12.1 Å².